The molecule has 0 atom stereocenters. The third-order valence-electron chi connectivity index (χ3n) is 2.14. The Morgan fingerprint density at radius 1 is 1.05 bits per heavy atom. The first-order valence-electron chi connectivity index (χ1n) is 5.18. The first-order valence-corrected chi connectivity index (χ1v) is 6.59. The summed E-state index contributed by atoms with van der Waals surface area (Å²) in [6.45, 7) is 0. The summed E-state index contributed by atoms with van der Waals surface area (Å²) < 4.78 is 103. The topological polar surface area (TPSA) is 65.0 Å². The number of hydrogen-bond donors (Lipinski definition) is 0. The van der Waals surface area contributed by atoms with Crippen molar-refractivity contribution in [2.24, 2.45) is 5.16 Å². The predicted octanol–water partition coefficient (Wildman–Crippen LogP) is 2.83. The van der Waals surface area contributed by atoms with Crippen LogP contribution in [0.5, 0.6) is 5.75 Å². The van der Waals surface area contributed by atoms with Gasteiger partial charge in [-0.05, 0) is 24.3 Å². The van der Waals surface area contributed by atoms with Crippen LogP contribution in [-0.2, 0) is 14.4 Å². The van der Waals surface area contributed by atoms with E-state index in [1.54, 1.807) is 0 Å². The number of nitrogens with zero attached hydrogens (tertiary/aromatic N) is 1. The minimum Gasteiger partial charge on any atom is -0.497 e. The third-order valence-corrected chi connectivity index (χ3v) is 2.98. The highest BCUT2D eigenvalue weighted by atomic mass is 32.2. The molecular formula is C10H7F6NO4S. The Bertz CT molecular complexity index is 647. The number of hydrogen-bond acceptors (Lipinski definition) is 5. The zero-order valence-corrected chi connectivity index (χ0v) is 11.4. The fourth-order valence-corrected chi connectivity index (χ4v) is 1.40. The molecule has 0 aliphatic heterocycles. The maximum atomic E-state index is 12.7. The highest BCUT2D eigenvalue weighted by Crippen LogP contribution is 2.28. The van der Waals surface area contributed by atoms with Crippen LogP contribution in [0.4, 0.5) is 26.3 Å². The van der Waals surface area contributed by atoms with Crippen LogP contribution in [0.2, 0.25) is 0 Å². The van der Waals surface area contributed by atoms with Crippen LogP contribution < -0.4 is 4.74 Å². The van der Waals surface area contributed by atoms with Crippen LogP contribution in [0.15, 0.2) is 29.4 Å². The fraction of sp³-hybridized carbons (Fsp3) is 0.300. The van der Waals surface area contributed by atoms with Crippen molar-refractivity contribution in [1.29, 1.82) is 0 Å². The zero-order chi connectivity index (χ0) is 17.2. The summed E-state index contributed by atoms with van der Waals surface area (Å²) in [7, 11) is -5.04. The van der Waals surface area contributed by atoms with E-state index in [0.717, 1.165) is 24.3 Å². The van der Waals surface area contributed by atoms with Crippen molar-refractivity contribution < 1.29 is 43.8 Å². The average molecular weight is 351 g/mol. The number of benzene rings is 1. The fourth-order valence-electron chi connectivity index (χ4n) is 1.15. The molecule has 0 radical (unpaired) electrons. The van der Waals surface area contributed by atoms with E-state index in [-0.39, 0.29) is 5.75 Å². The lowest BCUT2D eigenvalue weighted by Crippen LogP contribution is -2.28. The van der Waals surface area contributed by atoms with Gasteiger partial charge in [-0.2, -0.15) is 34.8 Å². The van der Waals surface area contributed by atoms with Gasteiger partial charge in [-0.3, -0.25) is 4.28 Å². The van der Waals surface area contributed by atoms with Gasteiger partial charge in [0.2, 0.25) is 0 Å². The van der Waals surface area contributed by atoms with Gasteiger partial charge >= 0.3 is 21.8 Å². The Kier molecular flexibility index (Phi) is 4.95. The van der Waals surface area contributed by atoms with Gasteiger partial charge in [0, 0.05) is 5.56 Å². The Morgan fingerprint density at radius 3 is 1.91 bits per heavy atom. The Balaban J connectivity index is 3.22. The normalized spacial score (nSPS) is 13.9. The van der Waals surface area contributed by atoms with Crippen molar-refractivity contribution in [1.82, 2.24) is 0 Å². The summed E-state index contributed by atoms with van der Waals surface area (Å²) >= 11 is 0. The van der Waals surface area contributed by atoms with Crippen LogP contribution in [0.3, 0.4) is 0 Å². The van der Waals surface area contributed by atoms with Crippen molar-refractivity contribution >= 4 is 15.8 Å². The second kappa shape index (κ2) is 6.02. The van der Waals surface area contributed by atoms with E-state index in [1.807, 2.05) is 0 Å². The van der Waals surface area contributed by atoms with E-state index < -0.39 is 33.1 Å². The Hall–Kier alpha value is -1.98. The van der Waals surface area contributed by atoms with Gasteiger partial charge in [-0.15, -0.1) is 0 Å². The second-order valence-corrected chi connectivity index (χ2v) is 5.16. The molecule has 0 aliphatic rings. The molecule has 1 rings (SSSR count). The molecule has 0 saturated carbocycles. The quantitative estimate of drug-likeness (QED) is 0.362. The molecule has 0 N–H and O–H groups in total. The van der Waals surface area contributed by atoms with E-state index in [4.69, 9.17) is 4.74 Å². The van der Waals surface area contributed by atoms with Crippen LogP contribution in [0.1, 0.15) is 5.56 Å². The van der Waals surface area contributed by atoms with Crippen molar-refractivity contribution in [2.75, 3.05) is 7.11 Å². The number of rotatable bonds is 4. The molecule has 124 valence electrons. The number of oxime groups is 1. The molecule has 12 heteroatoms. The molecule has 0 unspecified atom stereocenters. The first kappa shape index (κ1) is 18.1. The summed E-state index contributed by atoms with van der Waals surface area (Å²) in [5.41, 5.74) is -8.54. The van der Waals surface area contributed by atoms with Gasteiger partial charge < -0.3 is 4.74 Å². The van der Waals surface area contributed by atoms with Gasteiger partial charge in [0.1, 0.15) is 5.75 Å². The monoisotopic (exact) mass is 351 g/mol. The van der Waals surface area contributed by atoms with Crippen LogP contribution in [-0.4, -0.2) is 32.9 Å². The average Bonchev–Trinajstić information content (AvgIpc) is 2.36. The van der Waals surface area contributed by atoms with E-state index in [1.165, 1.54) is 7.11 Å². The molecule has 0 bridgehead atoms. The van der Waals surface area contributed by atoms with E-state index in [2.05, 4.69) is 9.44 Å². The molecule has 0 saturated heterocycles. The van der Waals surface area contributed by atoms with Crippen molar-refractivity contribution in [3.63, 3.8) is 0 Å². The Labute approximate surface area is 120 Å². The number of alkyl halides is 6. The number of halogens is 6. The molecule has 0 heterocycles. The molecule has 5 nitrogen and oxygen atoms in total. The zero-order valence-electron chi connectivity index (χ0n) is 10.6. The molecule has 1 aromatic carbocycles. The first-order chi connectivity index (χ1) is 9.88. The Morgan fingerprint density at radius 2 is 1.55 bits per heavy atom. The molecular weight excluding hydrogens is 344 g/mol. The van der Waals surface area contributed by atoms with Crippen molar-refractivity contribution in [3.8, 4) is 5.75 Å². The predicted molar refractivity (Wildman–Crippen MR) is 61.6 cm³/mol. The van der Waals surface area contributed by atoms with Crippen molar-refractivity contribution in [3.05, 3.63) is 29.8 Å². The maximum Gasteiger partial charge on any atom is 0.536 e. The molecule has 0 spiro atoms. The van der Waals surface area contributed by atoms with Crippen LogP contribution in [0.25, 0.3) is 0 Å². The highest BCUT2D eigenvalue weighted by molar-refractivity contribution is 7.87. The number of methoxy groups -OCH3 is 1. The summed E-state index contributed by atoms with van der Waals surface area (Å²) in [5, 5.41) is 2.10. The van der Waals surface area contributed by atoms with Crippen molar-refractivity contribution in [2.45, 2.75) is 11.7 Å². The lowest BCUT2D eigenvalue weighted by Gasteiger charge is -2.11. The standard InChI is InChI=1S/C10H7F6NO4S/c1-20-7-4-2-6(3-5-7)8(9(11,12)13)17-21-22(18,19)10(14,15)16/h2-5H,1H3/b17-8-. The minimum atomic E-state index is -6.29. The summed E-state index contributed by atoms with van der Waals surface area (Å²) in [4.78, 5) is 0. The molecule has 0 fully saturated rings. The maximum absolute atomic E-state index is 12.7. The summed E-state index contributed by atoms with van der Waals surface area (Å²) in [5.74, 6) is 0.175. The van der Waals surface area contributed by atoms with Gasteiger partial charge in [-0.25, -0.2) is 0 Å². The minimum absolute atomic E-state index is 0.175. The van der Waals surface area contributed by atoms with Gasteiger partial charge in [0.15, 0.2) is 5.71 Å². The third kappa shape index (κ3) is 4.26. The summed E-state index contributed by atoms with van der Waals surface area (Å²) in [6.07, 6.45) is -5.24. The molecule has 0 aromatic heterocycles. The smallest absolute Gasteiger partial charge is 0.497 e. The largest absolute Gasteiger partial charge is 0.536 e. The highest BCUT2D eigenvalue weighted by Gasteiger charge is 2.49. The molecule has 0 amide bonds. The van der Waals surface area contributed by atoms with Crippen LogP contribution >= 0.6 is 0 Å². The van der Waals surface area contributed by atoms with Gasteiger partial charge in [0.25, 0.3) is 0 Å². The lowest BCUT2D eigenvalue weighted by molar-refractivity contribution is -0.0633. The number of ether oxygens (including phenoxy) is 1. The van der Waals surface area contributed by atoms with Crippen LogP contribution in [0, 0.1) is 0 Å². The van der Waals surface area contributed by atoms with Gasteiger partial charge in [0.05, 0.1) is 7.11 Å². The van der Waals surface area contributed by atoms with Gasteiger partial charge in [-0.1, -0.05) is 5.16 Å². The molecule has 0 aliphatic carbocycles. The lowest BCUT2D eigenvalue weighted by atomic mass is 10.1. The summed E-state index contributed by atoms with van der Waals surface area (Å²) in [6, 6.07) is 3.81. The van der Waals surface area contributed by atoms with E-state index in [0.29, 0.717) is 0 Å². The second-order valence-electron chi connectivity index (χ2n) is 3.64. The molecule has 1 aromatic rings. The van der Waals surface area contributed by atoms with E-state index >= 15 is 0 Å². The SMILES string of the molecule is COc1ccc(/C(=N/OS(=O)(=O)C(F)(F)F)C(F)(F)F)cc1. The molecule has 22 heavy (non-hydrogen) atoms. The van der Waals surface area contributed by atoms with E-state index in [9.17, 15) is 34.8 Å².